The van der Waals surface area contributed by atoms with Gasteiger partial charge in [-0.2, -0.15) is 4.89 Å². The fraction of sp³-hybridized carbons (Fsp3) is 0.600. The van der Waals surface area contributed by atoms with Crippen molar-refractivity contribution < 1.29 is 59.7 Å². The van der Waals surface area contributed by atoms with E-state index in [1.54, 1.807) is 0 Å². The molecule has 12 nitrogen and oxygen atoms in total. The molecule has 3 fully saturated rings. The van der Waals surface area contributed by atoms with Crippen LogP contribution in [0.5, 0.6) is 0 Å². The van der Waals surface area contributed by atoms with Crippen molar-refractivity contribution in [2.75, 3.05) is 13.2 Å². The molecular formula is C30H44O12. The van der Waals surface area contributed by atoms with Crippen LogP contribution in [-0.2, 0) is 24.0 Å². The van der Waals surface area contributed by atoms with Crippen molar-refractivity contribution in [1.29, 1.82) is 0 Å². The van der Waals surface area contributed by atoms with E-state index in [9.17, 15) is 35.7 Å². The Kier molecular flexibility index (Phi) is 9.97. The first-order valence-electron chi connectivity index (χ1n) is 13.6. The van der Waals surface area contributed by atoms with Crippen molar-refractivity contribution in [3.05, 3.63) is 75.9 Å². The quantitative estimate of drug-likeness (QED) is 0.0972. The van der Waals surface area contributed by atoms with E-state index in [0.29, 0.717) is 0 Å². The summed E-state index contributed by atoms with van der Waals surface area (Å²) < 4.78 is 18.7. The lowest BCUT2D eigenvalue weighted by atomic mass is 9.52. The minimum absolute atomic E-state index is 0.260. The molecule has 0 aromatic carbocycles. The monoisotopic (exact) mass is 596 g/mol. The lowest BCUT2D eigenvalue weighted by molar-refractivity contribution is -0.505. The van der Waals surface area contributed by atoms with Gasteiger partial charge in [-0.1, -0.05) is 36.5 Å². The van der Waals surface area contributed by atoms with Gasteiger partial charge in [-0.25, -0.2) is 4.89 Å². The van der Waals surface area contributed by atoms with Crippen molar-refractivity contribution in [3.63, 3.8) is 0 Å². The fourth-order valence-electron chi connectivity index (χ4n) is 6.86. The summed E-state index contributed by atoms with van der Waals surface area (Å²) in [5.74, 6) is -7.50. The Morgan fingerprint density at radius 1 is 0.667 bits per heavy atom. The van der Waals surface area contributed by atoms with Crippen LogP contribution in [0.4, 0.5) is 0 Å². The summed E-state index contributed by atoms with van der Waals surface area (Å²) in [4.78, 5) is 11.4. The molecule has 3 aliphatic rings. The van der Waals surface area contributed by atoms with E-state index in [4.69, 9.17) is 24.0 Å². The van der Waals surface area contributed by atoms with Crippen LogP contribution in [-0.4, -0.2) is 107 Å². The van der Waals surface area contributed by atoms with Crippen LogP contribution in [0.3, 0.4) is 0 Å². The minimum Gasteiger partial charge on any atom is -0.394 e. The molecule has 0 aromatic rings. The van der Waals surface area contributed by atoms with Gasteiger partial charge in [0.1, 0.15) is 30.5 Å². The van der Waals surface area contributed by atoms with Gasteiger partial charge in [-0.05, 0) is 6.42 Å². The van der Waals surface area contributed by atoms with Gasteiger partial charge in [0.25, 0.3) is 0 Å². The van der Waals surface area contributed by atoms with Crippen LogP contribution in [0.15, 0.2) is 75.9 Å². The molecule has 0 saturated carbocycles. The third-order valence-electron chi connectivity index (χ3n) is 8.75. The van der Waals surface area contributed by atoms with Gasteiger partial charge in [0, 0.05) is 32.1 Å². The molecule has 0 amide bonds. The van der Waals surface area contributed by atoms with E-state index in [1.807, 2.05) is 0 Å². The molecule has 42 heavy (non-hydrogen) atoms. The van der Waals surface area contributed by atoms with Crippen LogP contribution in [0.1, 0.15) is 38.5 Å². The number of rotatable bonds is 16. The summed E-state index contributed by atoms with van der Waals surface area (Å²) in [6, 6.07) is 0. The maximum atomic E-state index is 12.9. The van der Waals surface area contributed by atoms with E-state index in [-0.39, 0.29) is 19.3 Å². The lowest BCUT2D eigenvalue weighted by Crippen LogP contribution is -2.89. The first kappa shape index (κ1) is 34.5. The van der Waals surface area contributed by atoms with Gasteiger partial charge in [0.05, 0.1) is 6.61 Å². The maximum absolute atomic E-state index is 12.9. The molecule has 3 rings (SSSR count). The Morgan fingerprint density at radius 2 is 1.19 bits per heavy atom. The van der Waals surface area contributed by atoms with Gasteiger partial charge in [-0.15, -0.1) is 39.5 Å². The number of hydrogen-bond donors (Lipinski definition) is 7. The molecule has 7 N–H and O–H groups in total. The third kappa shape index (κ3) is 4.29. The average molecular weight is 597 g/mol. The Bertz CT molecular complexity index is 1070. The second kappa shape index (κ2) is 12.2. The zero-order chi connectivity index (χ0) is 31.7. The molecule has 0 bridgehead atoms. The topological polar surface area (TPSA) is 188 Å². The molecule has 236 valence electrons. The van der Waals surface area contributed by atoms with E-state index >= 15 is 0 Å². The molecule has 10 atom stereocenters. The third-order valence-corrected chi connectivity index (χ3v) is 8.75. The predicted molar refractivity (Wildman–Crippen MR) is 150 cm³/mol. The highest BCUT2D eigenvalue weighted by Gasteiger charge is 2.89. The first-order chi connectivity index (χ1) is 19.8. The molecule has 12 heteroatoms. The van der Waals surface area contributed by atoms with Gasteiger partial charge in [-0.3, -0.25) is 0 Å². The van der Waals surface area contributed by atoms with Gasteiger partial charge in [0.15, 0.2) is 16.8 Å². The molecule has 3 heterocycles. The Morgan fingerprint density at radius 3 is 1.67 bits per heavy atom. The van der Waals surface area contributed by atoms with Crippen LogP contribution in [0.25, 0.3) is 0 Å². The van der Waals surface area contributed by atoms with E-state index in [0.717, 1.165) is 0 Å². The summed E-state index contributed by atoms with van der Waals surface area (Å²) in [6.45, 7) is 20.7. The van der Waals surface area contributed by atoms with Crippen molar-refractivity contribution in [3.8, 4) is 0 Å². The molecule has 0 aliphatic carbocycles. The van der Waals surface area contributed by atoms with Crippen LogP contribution >= 0.6 is 0 Å². The highest BCUT2D eigenvalue weighted by atomic mass is 17.3. The second-order valence-electron chi connectivity index (χ2n) is 11.0. The number of hydrogen-bond acceptors (Lipinski definition) is 12. The SMILES string of the molecule is C=CCC1(O)OO[C@@]2(CC=C)[C@@](O)(CC=C)[C@](O)(CC=C)[C@](CC=C)(OC3(CO)O[C@H](CO)[C@@H](O)[C@@H]3O)O[C@]12CC=C. The van der Waals surface area contributed by atoms with Crippen molar-refractivity contribution >= 4 is 0 Å². The van der Waals surface area contributed by atoms with Crippen LogP contribution in [0, 0.1) is 0 Å². The van der Waals surface area contributed by atoms with E-state index in [1.165, 1.54) is 36.5 Å². The van der Waals surface area contributed by atoms with Gasteiger partial charge < -0.3 is 50.0 Å². The fourth-order valence-corrected chi connectivity index (χ4v) is 6.86. The predicted octanol–water partition coefficient (Wildman–Crippen LogP) is 0.578. The minimum atomic E-state index is -2.63. The second-order valence-corrected chi connectivity index (χ2v) is 11.0. The summed E-state index contributed by atoms with van der Waals surface area (Å²) in [7, 11) is 0. The zero-order valence-electron chi connectivity index (χ0n) is 23.8. The molecular weight excluding hydrogens is 552 g/mol. The van der Waals surface area contributed by atoms with Crippen LogP contribution in [0.2, 0.25) is 0 Å². The molecule has 0 spiro atoms. The van der Waals surface area contributed by atoms with Gasteiger partial charge >= 0.3 is 0 Å². The van der Waals surface area contributed by atoms with Gasteiger partial charge in [0.2, 0.25) is 17.4 Å². The number of ether oxygens (including phenoxy) is 3. The Hall–Kier alpha value is -2.04. The molecule has 2 unspecified atom stereocenters. The molecule has 3 aliphatic heterocycles. The number of aliphatic hydroxyl groups excluding tert-OH is 4. The first-order valence-corrected chi connectivity index (χ1v) is 13.6. The average Bonchev–Trinajstić information content (AvgIpc) is 3.33. The highest BCUT2D eigenvalue weighted by Crippen LogP contribution is 2.68. The summed E-state index contributed by atoms with van der Waals surface area (Å²) in [5, 5.41) is 79.8. The van der Waals surface area contributed by atoms with Crippen LogP contribution < -0.4 is 0 Å². The largest absolute Gasteiger partial charge is 0.394 e. The smallest absolute Gasteiger partial charge is 0.235 e. The lowest BCUT2D eigenvalue weighted by Gasteiger charge is -2.68. The normalized spacial score (nSPS) is 46.5. The Labute approximate surface area is 245 Å². The summed E-state index contributed by atoms with van der Waals surface area (Å²) in [6.07, 6.45) is 0.612. The summed E-state index contributed by atoms with van der Waals surface area (Å²) in [5.41, 5.74) is -9.47. The summed E-state index contributed by atoms with van der Waals surface area (Å²) >= 11 is 0. The maximum Gasteiger partial charge on any atom is 0.235 e. The Balaban J connectivity index is 2.52. The standard InChI is InChI=1S/C30H44O12/c1-7-13-25(35)26(36,14-8-2)30(18-12-6,39-24(20-32)23(34)22(33)21(19-31)38-24)40-28(16-10-4)27(25,15-9-3)41-42-29(28,37)17-11-5/h7-12,21-23,31-37H,1-6,13-20H2/t21-,22-,23+,24?,25-,26-,27+,28+,29?,30-/m1/s1. The van der Waals surface area contributed by atoms with E-state index in [2.05, 4.69) is 39.5 Å². The molecule has 3 saturated heterocycles. The zero-order valence-corrected chi connectivity index (χ0v) is 23.8. The van der Waals surface area contributed by atoms with Crippen molar-refractivity contribution in [2.24, 2.45) is 0 Å². The van der Waals surface area contributed by atoms with Crippen molar-refractivity contribution in [2.45, 2.75) is 96.6 Å². The number of fused-ring (bicyclic) bond motifs is 1. The molecule has 0 radical (unpaired) electrons. The highest BCUT2D eigenvalue weighted by molar-refractivity contribution is 5.35. The molecule has 0 aromatic heterocycles. The number of aliphatic hydroxyl groups is 7. The van der Waals surface area contributed by atoms with Crippen molar-refractivity contribution in [1.82, 2.24) is 0 Å². The van der Waals surface area contributed by atoms with E-state index < -0.39 is 90.6 Å².